The molecule has 10 heteroatoms. The van der Waals surface area contributed by atoms with E-state index in [1.807, 2.05) is 64.1 Å². The van der Waals surface area contributed by atoms with Crippen LogP contribution in [0.25, 0.3) is 0 Å². The van der Waals surface area contributed by atoms with Crippen LogP contribution in [0, 0.1) is 19.8 Å². The van der Waals surface area contributed by atoms with Crippen molar-refractivity contribution in [3.05, 3.63) is 65.2 Å². The molecule has 2 atom stereocenters. The number of benzene rings is 2. The number of likely N-dealkylation sites (tertiary alicyclic amines) is 1. The highest BCUT2D eigenvalue weighted by molar-refractivity contribution is 5.93. The Balaban J connectivity index is 0.000000638. The molecule has 0 saturated carbocycles. The minimum Gasteiger partial charge on any atom is -0.542 e. The second-order valence-electron chi connectivity index (χ2n) is 9.97. The first-order chi connectivity index (χ1) is 17.7. The number of amides is 1. The first-order valence-electron chi connectivity index (χ1n) is 12.5. The van der Waals surface area contributed by atoms with Crippen molar-refractivity contribution in [1.29, 1.82) is 0 Å². The predicted molar refractivity (Wildman–Crippen MR) is 135 cm³/mol. The molecule has 1 aliphatic heterocycles. The summed E-state index contributed by atoms with van der Waals surface area (Å²) < 4.78 is 37.6. The molecular weight excluding hydrogens is 501 g/mol. The number of nitrogens with one attached hydrogen (secondary N) is 1. The maximum Gasteiger partial charge on any atom is 0.430 e. The molecule has 2 aromatic rings. The van der Waals surface area contributed by atoms with Crippen molar-refractivity contribution in [2.75, 3.05) is 25.0 Å². The Morgan fingerprint density at radius 2 is 1.63 bits per heavy atom. The third-order valence-electron chi connectivity index (χ3n) is 6.29. The number of piperidine rings is 1. The summed E-state index contributed by atoms with van der Waals surface area (Å²) in [5, 5.41) is 11.9. The Bertz CT molecular complexity index is 1090. The molecule has 1 N–H and O–H groups in total. The van der Waals surface area contributed by atoms with Gasteiger partial charge in [-0.25, -0.2) is 0 Å². The molecule has 38 heavy (non-hydrogen) atoms. The highest BCUT2D eigenvalue weighted by atomic mass is 19.4. The number of hydrogen-bond donors (Lipinski definition) is 1. The maximum atomic E-state index is 13.2. The summed E-state index contributed by atoms with van der Waals surface area (Å²) in [6.45, 7) is 10.4. The third kappa shape index (κ3) is 9.48. The number of aliphatic carboxylic acids is 1. The van der Waals surface area contributed by atoms with E-state index in [1.165, 1.54) is 5.56 Å². The number of carbonyl (C=O) groups is 3. The van der Waals surface area contributed by atoms with Crippen LogP contribution in [0.2, 0.25) is 0 Å². The number of para-hydroxylation sites is 1. The molecule has 7 nitrogen and oxygen atoms in total. The topological polar surface area (TPSA) is 95.5 Å². The van der Waals surface area contributed by atoms with Gasteiger partial charge >= 0.3 is 12.1 Å². The number of aryl methyl sites for hydroxylation is 2. The average molecular weight is 537 g/mol. The van der Waals surface area contributed by atoms with Crippen molar-refractivity contribution in [3.63, 3.8) is 0 Å². The van der Waals surface area contributed by atoms with Gasteiger partial charge in [0.05, 0.1) is 19.2 Å². The summed E-state index contributed by atoms with van der Waals surface area (Å²) in [4.78, 5) is 34.7. The van der Waals surface area contributed by atoms with Crippen LogP contribution in [-0.4, -0.2) is 54.2 Å². The molecule has 2 aromatic carbocycles. The molecule has 208 valence electrons. The second kappa shape index (κ2) is 13.4. The Labute approximate surface area is 221 Å². The Hall–Kier alpha value is -3.40. The average Bonchev–Trinajstić information content (AvgIpc) is 2.81. The van der Waals surface area contributed by atoms with Crippen LogP contribution in [0.3, 0.4) is 0 Å². The molecule has 3 rings (SSSR count). The van der Waals surface area contributed by atoms with E-state index in [0.717, 1.165) is 42.7 Å². The van der Waals surface area contributed by atoms with Crippen molar-refractivity contribution in [1.82, 2.24) is 0 Å². The van der Waals surface area contributed by atoms with Gasteiger partial charge in [0.2, 0.25) is 0 Å². The highest BCUT2D eigenvalue weighted by Crippen LogP contribution is 2.28. The quantitative estimate of drug-likeness (QED) is 0.428. The van der Waals surface area contributed by atoms with Crippen molar-refractivity contribution in [2.45, 2.75) is 59.4 Å². The van der Waals surface area contributed by atoms with E-state index in [-0.39, 0.29) is 23.9 Å². The molecule has 0 bridgehead atoms. The fourth-order valence-corrected chi connectivity index (χ4v) is 4.65. The van der Waals surface area contributed by atoms with E-state index in [4.69, 9.17) is 14.6 Å². The summed E-state index contributed by atoms with van der Waals surface area (Å²) >= 11 is 0. The Kier molecular flexibility index (Phi) is 10.9. The van der Waals surface area contributed by atoms with Gasteiger partial charge in [0.25, 0.3) is 5.91 Å². The van der Waals surface area contributed by atoms with E-state index < -0.39 is 12.1 Å². The molecule has 1 heterocycles. The van der Waals surface area contributed by atoms with E-state index in [9.17, 15) is 22.8 Å². The number of esters is 1. The van der Waals surface area contributed by atoms with Crippen LogP contribution in [0.1, 0.15) is 43.4 Å². The standard InChI is InChI=1S/C26H34N2O3.C2HF3O2/c1-19(2)31-26(30)23-14-9-15-28(17-23,16-22-12-6-5-7-13-22)18-24(29)27-25-20(3)10-8-11-21(25)4;3-2(4,5)1(6)7/h5-8,10-13,19,23H,9,14-18H2,1-4H3;(H,6,7). The minimum atomic E-state index is -5.19. The molecule has 2 unspecified atom stereocenters. The highest BCUT2D eigenvalue weighted by Gasteiger charge is 2.41. The van der Waals surface area contributed by atoms with E-state index in [2.05, 4.69) is 17.4 Å². The smallest absolute Gasteiger partial charge is 0.430 e. The lowest BCUT2D eigenvalue weighted by molar-refractivity contribution is -0.940. The van der Waals surface area contributed by atoms with Crippen LogP contribution < -0.4 is 10.4 Å². The summed E-state index contributed by atoms with van der Waals surface area (Å²) in [5.74, 6) is -3.33. The zero-order valence-electron chi connectivity index (χ0n) is 22.1. The lowest BCUT2D eigenvalue weighted by Crippen LogP contribution is -2.58. The van der Waals surface area contributed by atoms with Crippen molar-refractivity contribution in [3.8, 4) is 0 Å². The normalized spacial score (nSPS) is 19.2. The SMILES string of the molecule is Cc1cccc(C)c1NC(=O)C[N+]1(Cc2ccccc2)CCCC(C(=O)OC(C)C)C1.O=C([O-])C(F)(F)F. The molecule has 0 aliphatic carbocycles. The van der Waals surface area contributed by atoms with Crippen molar-refractivity contribution in [2.24, 2.45) is 5.92 Å². The fourth-order valence-electron chi connectivity index (χ4n) is 4.65. The molecule has 1 aliphatic rings. The predicted octanol–water partition coefficient (Wildman–Crippen LogP) is 3.92. The number of quaternary nitrogens is 1. The monoisotopic (exact) mass is 536 g/mol. The number of carbonyl (C=O) groups excluding carboxylic acids is 3. The van der Waals surface area contributed by atoms with Gasteiger partial charge in [0.15, 0.2) is 6.54 Å². The lowest BCUT2D eigenvalue weighted by atomic mass is 9.94. The van der Waals surface area contributed by atoms with Crippen LogP contribution in [0.15, 0.2) is 48.5 Å². The van der Waals surface area contributed by atoms with E-state index in [1.54, 1.807) is 0 Å². The Morgan fingerprint density at radius 3 is 2.16 bits per heavy atom. The number of nitrogens with zero attached hydrogens (tertiary/aromatic N) is 1. The van der Waals surface area contributed by atoms with E-state index in [0.29, 0.717) is 17.6 Å². The van der Waals surface area contributed by atoms with Gasteiger partial charge in [-0.15, -0.1) is 0 Å². The molecule has 1 saturated heterocycles. The van der Waals surface area contributed by atoms with E-state index >= 15 is 0 Å². The van der Waals surface area contributed by atoms with Gasteiger partial charge < -0.3 is 24.4 Å². The summed E-state index contributed by atoms with van der Waals surface area (Å²) in [7, 11) is 0. The van der Waals surface area contributed by atoms with Crippen LogP contribution in [0.5, 0.6) is 0 Å². The van der Waals surface area contributed by atoms with Crippen molar-refractivity contribution < 1.29 is 41.9 Å². The van der Waals surface area contributed by atoms with Gasteiger partial charge in [-0.3, -0.25) is 9.59 Å². The van der Waals surface area contributed by atoms with Gasteiger partial charge in [-0.2, -0.15) is 13.2 Å². The number of ether oxygens (including phenoxy) is 1. The molecule has 1 fully saturated rings. The molecule has 0 aromatic heterocycles. The second-order valence-corrected chi connectivity index (χ2v) is 9.97. The molecular formula is C28H35F3N2O5. The Morgan fingerprint density at radius 1 is 1.05 bits per heavy atom. The number of carboxylic acid groups (broad SMARTS) is 1. The van der Waals surface area contributed by atoms with Gasteiger partial charge in [0.1, 0.15) is 18.4 Å². The van der Waals surface area contributed by atoms with Crippen molar-refractivity contribution >= 4 is 23.5 Å². The number of halogens is 3. The van der Waals surface area contributed by atoms with Gasteiger partial charge in [-0.1, -0.05) is 48.5 Å². The lowest BCUT2D eigenvalue weighted by Gasteiger charge is -2.43. The first-order valence-corrected chi connectivity index (χ1v) is 12.5. The third-order valence-corrected chi connectivity index (χ3v) is 6.29. The zero-order chi connectivity index (χ0) is 28.5. The number of alkyl halides is 3. The van der Waals surface area contributed by atoms with Crippen LogP contribution in [0.4, 0.5) is 18.9 Å². The number of anilines is 1. The number of rotatable bonds is 7. The van der Waals surface area contributed by atoms with Gasteiger partial charge in [0, 0.05) is 11.3 Å². The number of carboxylic acids is 1. The molecule has 0 radical (unpaired) electrons. The first kappa shape index (κ1) is 30.8. The zero-order valence-corrected chi connectivity index (χ0v) is 22.1. The summed E-state index contributed by atoms with van der Waals surface area (Å²) in [6, 6.07) is 16.3. The number of hydrogen-bond acceptors (Lipinski definition) is 5. The van der Waals surface area contributed by atoms with Crippen LogP contribution in [-0.2, 0) is 25.7 Å². The molecule has 0 spiro atoms. The van der Waals surface area contributed by atoms with Crippen LogP contribution >= 0.6 is 0 Å². The summed E-state index contributed by atoms with van der Waals surface area (Å²) in [6.07, 6.45) is -3.60. The molecule has 1 amide bonds. The largest absolute Gasteiger partial charge is 0.542 e. The fraction of sp³-hybridized carbons (Fsp3) is 0.464. The van der Waals surface area contributed by atoms with Gasteiger partial charge in [-0.05, 0) is 51.7 Å². The summed E-state index contributed by atoms with van der Waals surface area (Å²) in [5.41, 5.74) is 4.18. The minimum absolute atomic E-state index is 0.00814. The maximum absolute atomic E-state index is 13.2.